The summed E-state index contributed by atoms with van der Waals surface area (Å²) in [6.07, 6.45) is -4.96. The number of Topliss-reactive ketones (excluding diaryl/α,β-unsaturated/α-hetero) is 1. The van der Waals surface area contributed by atoms with Crippen molar-refractivity contribution in [3.8, 4) is 0 Å². The van der Waals surface area contributed by atoms with Gasteiger partial charge in [-0.15, -0.1) is 0 Å². The van der Waals surface area contributed by atoms with Crippen molar-refractivity contribution in [3.63, 3.8) is 0 Å². The average Bonchev–Trinajstić information content (AvgIpc) is 2.65. The summed E-state index contributed by atoms with van der Waals surface area (Å²) in [6, 6.07) is 19.2. The Bertz CT molecular complexity index is 1020. The van der Waals surface area contributed by atoms with Gasteiger partial charge < -0.3 is 5.32 Å². The first kappa shape index (κ1) is 19.0. The van der Waals surface area contributed by atoms with Crippen LogP contribution in [-0.2, 0) is 4.79 Å². The molecular weight excluding hydrogens is 375 g/mol. The number of allylic oxidation sites excluding steroid dienone is 1. The number of hydrogen-bond donors (Lipinski definition) is 1. The number of anilines is 1. The molecule has 0 atom stereocenters. The van der Waals surface area contributed by atoms with Crippen LogP contribution >= 0.6 is 11.6 Å². The van der Waals surface area contributed by atoms with Crippen LogP contribution in [0.3, 0.4) is 0 Å². The third-order valence-corrected chi connectivity index (χ3v) is 4.41. The van der Waals surface area contributed by atoms with Crippen LogP contribution < -0.4 is 5.32 Å². The molecule has 3 aromatic carbocycles. The van der Waals surface area contributed by atoms with Crippen molar-refractivity contribution in [2.45, 2.75) is 13.1 Å². The molecule has 1 N–H and O–H groups in total. The van der Waals surface area contributed by atoms with Crippen LogP contribution in [0.5, 0.6) is 0 Å². The highest BCUT2D eigenvalue weighted by molar-refractivity contribution is 6.30. The fourth-order valence-corrected chi connectivity index (χ4v) is 2.92. The quantitative estimate of drug-likeness (QED) is 0.518. The second-order valence-corrected chi connectivity index (χ2v) is 6.42. The second-order valence-electron chi connectivity index (χ2n) is 5.99. The number of alkyl halides is 3. The maximum atomic E-state index is 13.0. The summed E-state index contributed by atoms with van der Waals surface area (Å²) in [6.45, 7) is 1.16. The van der Waals surface area contributed by atoms with Gasteiger partial charge in [-0.3, -0.25) is 4.79 Å². The minimum Gasteiger partial charge on any atom is -0.354 e. The van der Waals surface area contributed by atoms with Gasteiger partial charge in [0.2, 0.25) is 0 Å². The zero-order valence-electron chi connectivity index (χ0n) is 14.3. The third-order valence-electron chi connectivity index (χ3n) is 4.16. The Morgan fingerprint density at radius 2 is 1.56 bits per heavy atom. The van der Waals surface area contributed by atoms with Crippen LogP contribution in [0.2, 0.25) is 5.02 Å². The molecule has 0 spiro atoms. The van der Waals surface area contributed by atoms with E-state index in [4.69, 9.17) is 11.6 Å². The van der Waals surface area contributed by atoms with Crippen molar-refractivity contribution in [3.05, 3.63) is 82.9 Å². The Kier molecular flexibility index (Phi) is 5.24. The van der Waals surface area contributed by atoms with Crippen molar-refractivity contribution < 1.29 is 18.0 Å². The first-order valence-electron chi connectivity index (χ1n) is 8.10. The molecule has 2 nitrogen and oxygen atoms in total. The number of nitrogens with one attached hydrogen (secondary N) is 1. The van der Waals surface area contributed by atoms with E-state index >= 15 is 0 Å². The SMILES string of the molecule is C/C(C(=O)C(F)(F)F)=C(/Nc1cccc2ccccc12)c1ccc(Cl)cc1. The van der Waals surface area contributed by atoms with Gasteiger partial charge in [-0.2, -0.15) is 13.2 Å². The molecule has 138 valence electrons. The van der Waals surface area contributed by atoms with E-state index in [9.17, 15) is 18.0 Å². The Labute approximate surface area is 159 Å². The molecule has 0 aliphatic rings. The molecule has 3 rings (SSSR count). The Balaban J connectivity index is 2.15. The van der Waals surface area contributed by atoms with Gasteiger partial charge in [0.1, 0.15) is 0 Å². The normalized spacial score (nSPS) is 12.6. The monoisotopic (exact) mass is 389 g/mol. The molecular formula is C21H15ClF3NO. The van der Waals surface area contributed by atoms with E-state index in [2.05, 4.69) is 5.32 Å². The highest BCUT2D eigenvalue weighted by Crippen LogP contribution is 2.31. The number of fused-ring (bicyclic) bond motifs is 1. The predicted octanol–water partition coefficient (Wildman–Crippen LogP) is 6.47. The number of carbonyl (C=O) groups excluding carboxylic acids is 1. The lowest BCUT2D eigenvalue weighted by molar-refractivity contribution is -0.166. The van der Waals surface area contributed by atoms with E-state index in [1.807, 2.05) is 30.3 Å². The molecule has 3 aromatic rings. The van der Waals surface area contributed by atoms with Crippen LogP contribution in [-0.4, -0.2) is 12.0 Å². The highest BCUT2D eigenvalue weighted by atomic mass is 35.5. The number of halogens is 4. The summed E-state index contributed by atoms with van der Waals surface area (Å²) in [7, 11) is 0. The van der Waals surface area contributed by atoms with Gasteiger partial charge in [0.05, 0.1) is 5.70 Å². The zero-order valence-corrected chi connectivity index (χ0v) is 15.0. The molecule has 0 amide bonds. The Morgan fingerprint density at radius 1 is 0.926 bits per heavy atom. The van der Waals surface area contributed by atoms with E-state index in [-0.39, 0.29) is 5.70 Å². The van der Waals surface area contributed by atoms with Crippen LogP contribution in [0.4, 0.5) is 18.9 Å². The van der Waals surface area contributed by atoms with Gasteiger partial charge >= 0.3 is 6.18 Å². The number of carbonyl (C=O) groups is 1. The van der Waals surface area contributed by atoms with E-state index in [0.29, 0.717) is 16.3 Å². The molecule has 0 heterocycles. The predicted molar refractivity (Wildman–Crippen MR) is 103 cm³/mol. The summed E-state index contributed by atoms with van der Waals surface area (Å²) in [5, 5.41) is 5.23. The van der Waals surface area contributed by atoms with Crippen molar-refractivity contribution in [2.24, 2.45) is 0 Å². The smallest absolute Gasteiger partial charge is 0.354 e. The van der Waals surface area contributed by atoms with Crippen LogP contribution in [0, 0.1) is 0 Å². The summed E-state index contributed by atoms with van der Waals surface area (Å²) < 4.78 is 39.0. The molecule has 0 bridgehead atoms. The van der Waals surface area contributed by atoms with E-state index < -0.39 is 17.5 Å². The summed E-state index contributed by atoms with van der Waals surface area (Å²) in [5.41, 5.74) is 0.706. The molecule has 0 fully saturated rings. The van der Waals surface area contributed by atoms with Crippen molar-refractivity contribution in [1.82, 2.24) is 0 Å². The van der Waals surface area contributed by atoms with Crippen LogP contribution in [0.1, 0.15) is 12.5 Å². The maximum Gasteiger partial charge on any atom is 0.454 e. The molecule has 0 saturated heterocycles. The molecule has 0 unspecified atom stereocenters. The first-order valence-corrected chi connectivity index (χ1v) is 8.48. The van der Waals surface area contributed by atoms with E-state index in [1.54, 1.807) is 36.4 Å². The van der Waals surface area contributed by atoms with Gasteiger partial charge in [-0.25, -0.2) is 0 Å². The lowest BCUT2D eigenvalue weighted by Gasteiger charge is -2.17. The van der Waals surface area contributed by atoms with Crippen molar-refractivity contribution in [2.75, 3.05) is 5.32 Å². The molecule has 0 radical (unpaired) electrons. The van der Waals surface area contributed by atoms with Gasteiger partial charge in [0.25, 0.3) is 5.78 Å². The Morgan fingerprint density at radius 3 is 2.22 bits per heavy atom. The van der Waals surface area contributed by atoms with Gasteiger partial charge in [0.15, 0.2) is 0 Å². The molecule has 0 aromatic heterocycles. The van der Waals surface area contributed by atoms with Crippen LogP contribution in [0.25, 0.3) is 16.5 Å². The molecule has 0 aliphatic heterocycles. The average molecular weight is 390 g/mol. The van der Waals surface area contributed by atoms with Crippen molar-refractivity contribution in [1.29, 1.82) is 0 Å². The minimum absolute atomic E-state index is 0.0883. The van der Waals surface area contributed by atoms with Gasteiger partial charge in [-0.05, 0) is 36.1 Å². The number of hydrogen-bond acceptors (Lipinski definition) is 2. The highest BCUT2D eigenvalue weighted by Gasteiger charge is 2.40. The third kappa shape index (κ3) is 4.14. The molecule has 0 saturated carbocycles. The molecule has 0 aliphatic carbocycles. The number of benzene rings is 3. The largest absolute Gasteiger partial charge is 0.454 e. The lowest BCUT2D eigenvalue weighted by Crippen LogP contribution is -2.25. The lowest BCUT2D eigenvalue weighted by atomic mass is 10.0. The fourth-order valence-electron chi connectivity index (χ4n) is 2.79. The fraction of sp³-hybridized carbons (Fsp3) is 0.0952. The van der Waals surface area contributed by atoms with E-state index in [1.165, 1.54) is 0 Å². The molecule has 27 heavy (non-hydrogen) atoms. The van der Waals surface area contributed by atoms with Gasteiger partial charge in [0, 0.05) is 21.7 Å². The zero-order chi connectivity index (χ0) is 19.6. The van der Waals surface area contributed by atoms with Crippen LogP contribution in [0.15, 0.2) is 72.3 Å². The Hall–Kier alpha value is -2.79. The minimum atomic E-state index is -4.96. The number of ketones is 1. The molecule has 6 heteroatoms. The van der Waals surface area contributed by atoms with Gasteiger partial charge in [-0.1, -0.05) is 60.1 Å². The summed E-state index contributed by atoms with van der Waals surface area (Å²) >= 11 is 5.89. The van der Waals surface area contributed by atoms with E-state index in [0.717, 1.165) is 17.7 Å². The maximum absolute atomic E-state index is 13.0. The summed E-state index contributed by atoms with van der Waals surface area (Å²) in [5.74, 6) is -1.89. The topological polar surface area (TPSA) is 29.1 Å². The second kappa shape index (κ2) is 7.45. The van der Waals surface area contributed by atoms with Crippen molar-refractivity contribution >= 4 is 39.5 Å². The summed E-state index contributed by atoms with van der Waals surface area (Å²) in [4.78, 5) is 11.9. The number of rotatable bonds is 4. The first-order chi connectivity index (χ1) is 12.8. The standard InChI is InChI=1S/C21H15ClF3NO/c1-13(20(27)21(23,24)25)19(15-9-11-16(22)12-10-15)26-18-8-4-6-14-5-2-3-7-17(14)18/h2-12,26H,1H3/b19-13-.